The molecule has 0 aliphatic carbocycles. The van der Waals surface area contributed by atoms with E-state index < -0.39 is 29.8 Å². The number of hydrogen-bond donors (Lipinski definition) is 2. The molecule has 0 radical (unpaired) electrons. The minimum Gasteiger partial charge on any atom is -0.494 e. The molecule has 2 unspecified atom stereocenters. The highest BCUT2D eigenvalue weighted by atomic mass is 19.1. The van der Waals surface area contributed by atoms with Crippen molar-refractivity contribution in [2.24, 2.45) is 0 Å². The SMILES string of the molecule is CCC(Oc1ccccc1C)C(=O)NC(C(=O)O)c1ccc(OC)c(F)c1. The number of carbonyl (C=O) groups is 2. The smallest absolute Gasteiger partial charge is 0.330 e. The Morgan fingerprint density at radius 3 is 2.44 bits per heavy atom. The zero-order valence-electron chi connectivity index (χ0n) is 15.4. The Hall–Kier alpha value is -3.09. The number of ether oxygens (including phenoxy) is 2. The lowest BCUT2D eigenvalue weighted by atomic mass is 10.1. The summed E-state index contributed by atoms with van der Waals surface area (Å²) >= 11 is 0. The lowest BCUT2D eigenvalue weighted by Gasteiger charge is -2.21. The van der Waals surface area contributed by atoms with Crippen molar-refractivity contribution in [3.63, 3.8) is 0 Å². The van der Waals surface area contributed by atoms with Crippen LogP contribution in [-0.4, -0.2) is 30.2 Å². The maximum absolute atomic E-state index is 13.9. The van der Waals surface area contributed by atoms with Crippen molar-refractivity contribution in [2.75, 3.05) is 7.11 Å². The number of aliphatic carboxylic acids is 1. The van der Waals surface area contributed by atoms with Crippen LogP contribution in [0.4, 0.5) is 4.39 Å². The molecule has 2 aromatic rings. The molecule has 0 aliphatic rings. The number of rotatable bonds is 8. The van der Waals surface area contributed by atoms with Crippen LogP contribution in [0.1, 0.15) is 30.5 Å². The van der Waals surface area contributed by atoms with E-state index in [-0.39, 0.29) is 11.3 Å². The molecule has 0 bridgehead atoms. The standard InChI is InChI=1S/C20H22FNO5/c1-4-15(27-16-8-6-5-7-12(16)2)19(23)22-18(20(24)25)13-9-10-17(26-3)14(21)11-13/h5-11,15,18H,4H2,1-3H3,(H,22,23)(H,24,25). The number of nitrogens with one attached hydrogen (secondary N) is 1. The molecule has 6 nitrogen and oxygen atoms in total. The molecule has 2 N–H and O–H groups in total. The van der Waals surface area contributed by atoms with Gasteiger partial charge in [0.15, 0.2) is 23.7 Å². The summed E-state index contributed by atoms with van der Waals surface area (Å²) in [4.78, 5) is 24.2. The molecule has 144 valence electrons. The normalized spacial score (nSPS) is 12.7. The molecule has 0 heterocycles. The first-order chi connectivity index (χ1) is 12.9. The van der Waals surface area contributed by atoms with Gasteiger partial charge in [-0.05, 0) is 42.7 Å². The summed E-state index contributed by atoms with van der Waals surface area (Å²) in [7, 11) is 1.31. The molecule has 2 atom stereocenters. The minimum atomic E-state index is -1.41. The summed E-state index contributed by atoms with van der Waals surface area (Å²) in [5, 5.41) is 11.9. The van der Waals surface area contributed by atoms with Crippen LogP contribution in [-0.2, 0) is 9.59 Å². The Morgan fingerprint density at radius 2 is 1.89 bits per heavy atom. The Labute approximate surface area is 156 Å². The third-order valence-corrected chi connectivity index (χ3v) is 4.07. The molecule has 0 saturated heterocycles. The van der Waals surface area contributed by atoms with Crippen LogP contribution in [0.3, 0.4) is 0 Å². The van der Waals surface area contributed by atoms with Crippen molar-refractivity contribution >= 4 is 11.9 Å². The number of carbonyl (C=O) groups excluding carboxylic acids is 1. The maximum Gasteiger partial charge on any atom is 0.330 e. The van der Waals surface area contributed by atoms with Crippen LogP contribution >= 0.6 is 0 Å². The fourth-order valence-electron chi connectivity index (χ4n) is 2.55. The molecule has 0 fully saturated rings. The molecule has 0 aromatic heterocycles. The van der Waals surface area contributed by atoms with Gasteiger partial charge in [-0.1, -0.05) is 31.2 Å². The largest absolute Gasteiger partial charge is 0.494 e. The van der Waals surface area contributed by atoms with Gasteiger partial charge < -0.3 is 19.9 Å². The van der Waals surface area contributed by atoms with Crippen molar-refractivity contribution in [3.05, 3.63) is 59.4 Å². The van der Waals surface area contributed by atoms with Crippen molar-refractivity contribution in [1.29, 1.82) is 0 Å². The fourth-order valence-corrected chi connectivity index (χ4v) is 2.55. The Morgan fingerprint density at radius 1 is 1.19 bits per heavy atom. The topological polar surface area (TPSA) is 84.9 Å². The van der Waals surface area contributed by atoms with Gasteiger partial charge in [0.25, 0.3) is 5.91 Å². The van der Waals surface area contributed by atoms with Crippen LogP contribution in [0.2, 0.25) is 0 Å². The summed E-state index contributed by atoms with van der Waals surface area (Å²) < 4.78 is 24.5. The lowest BCUT2D eigenvalue weighted by Crippen LogP contribution is -2.42. The van der Waals surface area contributed by atoms with Gasteiger partial charge in [0.1, 0.15) is 5.75 Å². The molecule has 0 saturated carbocycles. The Bertz CT molecular complexity index is 824. The minimum absolute atomic E-state index is 0.0106. The first kappa shape index (κ1) is 20.2. The second-order valence-corrected chi connectivity index (χ2v) is 5.95. The van der Waals surface area contributed by atoms with Crippen LogP contribution in [0.15, 0.2) is 42.5 Å². The van der Waals surface area contributed by atoms with Gasteiger partial charge in [0.2, 0.25) is 0 Å². The molecule has 7 heteroatoms. The zero-order chi connectivity index (χ0) is 20.0. The third kappa shape index (κ3) is 4.97. The second-order valence-electron chi connectivity index (χ2n) is 5.95. The predicted octanol–water partition coefficient (Wildman–Crippen LogP) is 3.24. The molecule has 0 aliphatic heterocycles. The number of benzene rings is 2. The monoisotopic (exact) mass is 375 g/mol. The molecule has 0 spiro atoms. The highest BCUT2D eigenvalue weighted by Crippen LogP contribution is 2.23. The van der Waals surface area contributed by atoms with Gasteiger partial charge in [-0.25, -0.2) is 9.18 Å². The molecule has 1 amide bonds. The van der Waals surface area contributed by atoms with E-state index >= 15 is 0 Å². The average molecular weight is 375 g/mol. The number of carboxylic acids is 1. The van der Waals surface area contributed by atoms with Crippen LogP contribution in [0.5, 0.6) is 11.5 Å². The second kappa shape index (κ2) is 9.02. The lowest BCUT2D eigenvalue weighted by molar-refractivity contribution is -0.143. The number of halogens is 1. The summed E-state index contributed by atoms with van der Waals surface area (Å²) in [6.07, 6.45) is -0.542. The first-order valence-electron chi connectivity index (χ1n) is 8.46. The summed E-state index contributed by atoms with van der Waals surface area (Å²) in [6.45, 7) is 3.60. The molecule has 2 rings (SSSR count). The van der Waals surface area contributed by atoms with Gasteiger partial charge in [-0.2, -0.15) is 0 Å². The van der Waals surface area contributed by atoms with E-state index in [0.717, 1.165) is 11.6 Å². The van der Waals surface area contributed by atoms with E-state index in [2.05, 4.69) is 5.32 Å². The number of methoxy groups -OCH3 is 1. The fraction of sp³-hybridized carbons (Fsp3) is 0.300. The van der Waals surface area contributed by atoms with Crippen LogP contribution < -0.4 is 14.8 Å². The van der Waals surface area contributed by atoms with Crippen molar-refractivity contribution in [1.82, 2.24) is 5.32 Å². The predicted molar refractivity (Wildman–Crippen MR) is 97.4 cm³/mol. The Kier molecular flexibility index (Phi) is 6.76. The maximum atomic E-state index is 13.9. The van der Waals surface area contributed by atoms with Gasteiger partial charge >= 0.3 is 5.97 Å². The highest BCUT2D eigenvalue weighted by molar-refractivity contribution is 5.87. The number of para-hydroxylation sites is 1. The average Bonchev–Trinajstić information content (AvgIpc) is 2.65. The summed E-state index contributed by atoms with van der Waals surface area (Å²) in [5.74, 6) is -2.08. The van der Waals surface area contributed by atoms with Crippen molar-refractivity contribution in [2.45, 2.75) is 32.4 Å². The quantitative estimate of drug-likeness (QED) is 0.740. The van der Waals surface area contributed by atoms with Gasteiger partial charge in [0, 0.05) is 0 Å². The summed E-state index contributed by atoms with van der Waals surface area (Å²) in [5.41, 5.74) is 0.954. The van der Waals surface area contributed by atoms with Gasteiger partial charge in [-0.15, -0.1) is 0 Å². The first-order valence-corrected chi connectivity index (χ1v) is 8.46. The number of carboxylic acid groups (broad SMARTS) is 1. The van der Waals surface area contributed by atoms with E-state index in [1.807, 2.05) is 19.1 Å². The molecule has 27 heavy (non-hydrogen) atoms. The van der Waals surface area contributed by atoms with E-state index in [0.29, 0.717) is 12.2 Å². The van der Waals surface area contributed by atoms with Gasteiger partial charge in [0.05, 0.1) is 7.11 Å². The number of hydrogen-bond acceptors (Lipinski definition) is 4. The zero-order valence-corrected chi connectivity index (χ0v) is 15.4. The van der Waals surface area contributed by atoms with E-state index in [1.165, 1.54) is 19.2 Å². The number of aryl methyl sites for hydroxylation is 1. The highest BCUT2D eigenvalue weighted by Gasteiger charge is 2.28. The van der Waals surface area contributed by atoms with Crippen LogP contribution in [0.25, 0.3) is 0 Å². The van der Waals surface area contributed by atoms with E-state index in [9.17, 15) is 19.1 Å². The van der Waals surface area contributed by atoms with E-state index in [1.54, 1.807) is 19.1 Å². The Balaban J connectivity index is 2.19. The van der Waals surface area contributed by atoms with E-state index in [4.69, 9.17) is 9.47 Å². The number of amides is 1. The third-order valence-electron chi connectivity index (χ3n) is 4.07. The molecular weight excluding hydrogens is 353 g/mol. The van der Waals surface area contributed by atoms with Gasteiger partial charge in [-0.3, -0.25) is 4.79 Å². The molecule has 2 aromatic carbocycles. The van der Waals surface area contributed by atoms with Crippen LogP contribution in [0, 0.1) is 12.7 Å². The molecular formula is C20H22FNO5. The van der Waals surface area contributed by atoms with Crippen molar-refractivity contribution in [3.8, 4) is 11.5 Å². The summed E-state index contributed by atoms with van der Waals surface area (Å²) in [6, 6.07) is 9.54. The van der Waals surface area contributed by atoms with Crippen molar-refractivity contribution < 1.29 is 28.6 Å².